The maximum atomic E-state index is 12.0. The van der Waals surface area contributed by atoms with Crippen molar-refractivity contribution >= 4 is 34.7 Å². The van der Waals surface area contributed by atoms with Gasteiger partial charge >= 0.3 is 5.97 Å². The van der Waals surface area contributed by atoms with Gasteiger partial charge in [-0.3, -0.25) is 34.7 Å². The summed E-state index contributed by atoms with van der Waals surface area (Å²) in [6.45, 7) is 3.18. The van der Waals surface area contributed by atoms with E-state index in [1.807, 2.05) is 0 Å². The molecule has 1 unspecified atom stereocenters. The first-order valence-corrected chi connectivity index (χ1v) is 10.4. The minimum absolute atomic E-state index is 0.0120. The number of carbonyl (C=O) groups is 3. The number of benzene rings is 2. The summed E-state index contributed by atoms with van der Waals surface area (Å²) < 4.78 is 15.2. The summed E-state index contributed by atoms with van der Waals surface area (Å²) in [6.07, 6.45) is 0.219. The molecule has 0 spiro atoms. The van der Waals surface area contributed by atoms with E-state index in [2.05, 4.69) is 0 Å². The van der Waals surface area contributed by atoms with Gasteiger partial charge in [0.05, 0.1) is 22.1 Å². The van der Waals surface area contributed by atoms with Crippen LogP contribution in [0, 0.1) is 20.2 Å². The number of Topliss-reactive ketones (excluding diaryl/α,β-unsaturated/α-hetero) is 1. The van der Waals surface area contributed by atoms with Crippen LogP contribution < -0.4 is 14.4 Å². The lowest BCUT2D eigenvalue weighted by molar-refractivity contribution is -0.385. The van der Waals surface area contributed by atoms with Crippen molar-refractivity contribution in [2.45, 2.75) is 26.3 Å². The number of nitrogens with zero attached hydrogens (tertiary/aromatic N) is 3. The van der Waals surface area contributed by atoms with Crippen LogP contribution in [0.4, 0.5) is 17.1 Å². The van der Waals surface area contributed by atoms with E-state index in [1.54, 1.807) is 6.92 Å². The third-order valence-corrected chi connectivity index (χ3v) is 5.08. The molecule has 2 heterocycles. The number of ether oxygens (including phenoxy) is 3. The quantitative estimate of drug-likeness (QED) is 0.347. The summed E-state index contributed by atoms with van der Waals surface area (Å²) in [5, 5.41) is 21.3. The Bertz CT molecular complexity index is 1200. The zero-order chi connectivity index (χ0) is 25.7. The fraction of sp³-hybridized carbons (Fsp3) is 0.318. The van der Waals surface area contributed by atoms with Crippen molar-refractivity contribution in [1.29, 1.82) is 0 Å². The van der Waals surface area contributed by atoms with E-state index < -0.39 is 27.8 Å². The Kier molecular flexibility index (Phi) is 7.59. The average Bonchev–Trinajstić information content (AvgIpc) is 2.83. The molecule has 0 saturated carbocycles. The topological polar surface area (TPSA) is 168 Å². The van der Waals surface area contributed by atoms with Gasteiger partial charge in [-0.1, -0.05) is 0 Å². The largest absolute Gasteiger partial charge is 0.486 e. The highest BCUT2D eigenvalue weighted by molar-refractivity contribution is 6.03. The van der Waals surface area contributed by atoms with E-state index >= 15 is 0 Å². The first-order chi connectivity index (χ1) is 16.6. The zero-order valence-electron chi connectivity index (χ0n) is 18.8. The van der Waals surface area contributed by atoms with Gasteiger partial charge in [0.1, 0.15) is 24.1 Å². The van der Waals surface area contributed by atoms with Gasteiger partial charge < -0.3 is 14.2 Å². The Labute approximate surface area is 198 Å². The molecule has 1 amide bonds. The molecule has 4 rings (SSSR count). The number of hydrogen-bond donors (Lipinski definition) is 0. The predicted octanol–water partition coefficient (Wildman–Crippen LogP) is 2.37. The van der Waals surface area contributed by atoms with Crippen LogP contribution in [0.25, 0.3) is 0 Å². The number of nitro benzene ring substituents is 2. The van der Waals surface area contributed by atoms with E-state index in [9.17, 15) is 34.6 Å². The molecule has 0 aromatic heterocycles. The van der Waals surface area contributed by atoms with Gasteiger partial charge in [0.25, 0.3) is 17.3 Å². The number of ketones is 1. The van der Waals surface area contributed by atoms with Crippen LogP contribution in [0.1, 0.15) is 19.4 Å². The van der Waals surface area contributed by atoms with Gasteiger partial charge in [-0.25, -0.2) is 4.79 Å². The van der Waals surface area contributed by atoms with E-state index in [-0.39, 0.29) is 49.1 Å². The highest BCUT2D eigenvalue weighted by atomic mass is 16.6. The monoisotopic (exact) mass is 487 g/mol. The first-order valence-electron chi connectivity index (χ1n) is 10.4. The van der Waals surface area contributed by atoms with Gasteiger partial charge in [0.2, 0.25) is 0 Å². The standard InChI is InChI=1S/C13H14N2O6.C9H7NO4/c1-3-20-13(17)8(2)14-10-6-9(15(18)19)4-5-11(10)21-7-12(14)16;11-8-4-6-3-7(10(12)13)1-2-9(6)14-5-8/h4-6,8H,3,7H2,1-2H3;1-3H,4-5H2. The Morgan fingerprint density at radius 1 is 1.03 bits per heavy atom. The maximum absolute atomic E-state index is 12.0. The molecule has 2 aliphatic heterocycles. The number of nitro groups is 2. The van der Waals surface area contributed by atoms with Crippen LogP contribution >= 0.6 is 0 Å². The summed E-state index contributed by atoms with van der Waals surface area (Å²) in [5.74, 6) is -0.210. The summed E-state index contributed by atoms with van der Waals surface area (Å²) in [7, 11) is 0. The summed E-state index contributed by atoms with van der Waals surface area (Å²) >= 11 is 0. The van der Waals surface area contributed by atoms with Crippen LogP contribution in [0.5, 0.6) is 11.5 Å². The molecule has 0 radical (unpaired) electrons. The van der Waals surface area contributed by atoms with Crippen molar-refractivity contribution in [2.75, 3.05) is 24.7 Å². The molecule has 35 heavy (non-hydrogen) atoms. The SMILES string of the molecule is CCOC(=O)C(C)N1C(=O)COc2ccc([N+](=O)[O-])cc21.O=C1COc2ccc([N+](=O)[O-])cc2C1. The van der Waals surface area contributed by atoms with Crippen molar-refractivity contribution in [3.63, 3.8) is 0 Å². The third-order valence-electron chi connectivity index (χ3n) is 5.08. The average molecular weight is 487 g/mol. The van der Waals surface area contributed by atoms with Crippen molar-refractivity contribution < 1.29 is 38.4 Å². The van der Waals surface area contributed by atoms with Crippen molar-refractivity contribution in [3.05, 3.63) is 62.2 Å². The van der Waals surface area contributed by atoms with Crippen LogP contribution in [0.15, 0.2) is 36.4 Å². The van der Waals surface area contributed by atoms with Gasteiger partial charge in [-0.05, 0) is 26.0 Å². The Hall–Kier alpha value is -4.55. The lowest BCUT2D eigenvalue weighted by Crippen LogP contribution is -2.48. The maximum Gasteiger partial charge on any atom is 0.328 e. The molecule has 0 N–H and O–H groups in total. The number of hydrogen-bond acceptors (Lipinski definition) is 10. The molecule has 2 aromatic carbocycles. The molecular formula is C22H21N3O10. The fourth-order valence-corrected chi connectivity index (χ4v) is 3.45. The van der Waals surface area contributed by atoms with Crippen LogP contribution in [-0.4, -0.2) is 53.4 Å². The second-order valence-corrected chi connectivity index (χ2v) is 7.44. The van der Waals surface area contributed by atoms with E-state index in [0.29, 0.717) is 17.1 Å². The number of non-ortho nitro benzene ring substituents is 2. The molecule has 2 aromatic rings. The highest BCUT2D eigenvalue weighted by Gasteiger charge is 2.35. The number of rotatable bonds is 5. The molecule has 13 heteroatoms. The molecule has 0 bridgehead atoms. The first kappa shape index (κ1) is 25.1. The molecule has 0 aliphatic carbocycles. The Morgan fingerprint density at radius 3 is 2.26 bits per heavy atom. The van der Waals surface area contributed by atoms with Gasteiger partial charge in [0.15, 0.2) is 12.4 Å². The van der Waals surface area contributed by atoms with Crippen molar-refractivity contribution in [3.8, 4) is 11.5 Å². The number of esters is 1. The van der Waals surface area contributed by atoms with E-state index in [1.165, 1.54) is 48.2 Å². The smallest absolute Gasteiger partial charge is 0.328 e. The second kappa shape index (κ2) is 10.6. The Morgan fingerprint density at radius 2 is 1.63 bits per heavy atom. The number of amides is 1. The van der Waals surface area contributed by atoms with Crippen LogP contribution in [-0.2, 0) is 25.5 Å². The van der Waals surface area contributed by atoms with Gasteiger partial charge in [0, 0.05) is 36.2 Å². The van der Waals surface area contributed by atoms with Gasteiger partial charge in [-0.15, -0.1) is 0 Å². The van der Waals surface area contributed by atoms with Gasteiger partial charge in [-0.2, -0.15) is 0 Å². The number of carbonyl (C=O) groups excluding carboxylic acids is 3. The molecule has 184 valence electrons. The van der Waals surface area contributed by atoms with E-state index in [0.717, 1.165) is 0 Å². The second-order valence-electron chi connectivity index (χ2n) is 7.44. The summed E-state index contributed by atoms with van der Waals surface area (Å²) in [4.78, 5) is 56.3. The fourth-order valence-electron chi connectivity index (χ4n) is 3.45. The lowest BCUT2D eigenvalue weighted by Gasteiger charge is -2.32. The van der Waals surface area contributed by atoms with Crippen molar-refractivity contribution in [2.24, 2.45) is 0 Å². The van der Waals surface area contributed by atoms with E-state index in [4.69, 9.17) is 14.2 Å². The molecule has 13 nitrogen and oxygen atoms in total. The normalized spacial score (nSPS) is 14.7. The van der Waals surface area contributed by atoms with Crippen LogP contribution in [0.3, 0.4) is 0 Å². The predicted molar refractivity (Wildman–Crippen MR) is 119 cm³/mol. The zero-order valence-corrected chi connectivity index (χ0v) is 18.8. The third kappa shape index (κ3) is 5.69. The Balaban J connectivity index is 0.000000211. The highest BCUT2D eigenvalue weighted by Crippen LogP contribution is 2.36. The summed E-state index contributed by atoms with van der Waals surface area (Å²) in [5.41, 5.74) is 0.589. The minimum atomic E-state index is -0.887. The number of anilines is 1. The number of fused-ring (bicyclic) bond motifs is 2. The molecular weight excluding hydrogens is 466 g/mol. The van der Waals surface area contributed by atoms with Crippen LogP contribution in [0.2, 0.25) is 0 Å². The molecule has 0 fully saturated rings. The lowest BCUT2D eigenvalue weighted by atomic mass is 10.1. The molecule has 1 atom stereocenters. The minimum Gasteiger partial charge on any atom is -0.486 e. The molecule has 0 saturated heterocycles. The summed E-state index contributed by atoms with van der Waals surface area (Å²) in [6, 6.07) is 7.29. The molecule has 2 aliphatic rings. The van der Waals surface area contributed by atoms with Crippen molar-refractivity contribution in [1.82, 2.24) is 0 Å².